The lowest BCUT2D eigenvalue weighted by Gasteiger charge is -2.29. The second-order valence-corrected chi connectivity index (χ2v) is 14.0. The van der Waals surface area contributed by atoms with Crippen LogP contribution in [0.1, 0.15) is 61.1 Å². The van der Waals surface area contributed by atoms with Crippen LogP contribution < -0.4 is 4.90 Å². The fraction of sp³-hybridized carbons (Fsp3) is 0.182. The van der Waals surface area contributed by atoms with Gasteiger partial charge in [-0.15, -0.1) is 0 Å². The number of hydrogen-bond acceptors (Lipinski definition) is 1. The van der Waals surface area contributed by atoms with Crippen LogP contribution in [0.4, 0.5) is 17.1 Å². The topological polar surface area (TPSA) is 3.24 Å². The molecule has 6 aromatic carbocycles. The van der Waals surface area contributed by atoms with Gasteiger partial charge in [-0.25, -0.2) is 0 Å². The number of benzene rings is 6. The normalized spacial score (nSPS) is 14.8. The minimum absolute atomic E-state index is 0.0292. The highest BCUT2D eigenvalue weighted by atomic mass is 15.1. The van der Waals surface area contributed by atoms with Crippen LogP contribution in [0.25, 0.3) is 33.4 Å². The number of nitrogens with zero attached hydrogens (tertiary/aromatic N) is 1. The maximum atomic E-state index is 2.45. The summed E-state index contributed by atoms with van der Waals surface area (Å²) in [5.41, 5.74) is 19.7. The molecule has 0 atom stereocenters. The molecule has 220 valence electrons. The molecule has 0 amide bonds. The molecular weight excluding hydrogens is 542 g/mol. The Morgan fingerprint density at radius 2 is 0.933 bits per heavy atom. The van der Waals surface area contributed by atoms with Crippen LogP contribution in [-0.4, -0.2) is 0 Å². The Morgan fingerprint density at radius 1 is 0.400 bits per heavy atom. The summed E-state index contributed by atoms with van der Waals surface area (Å²) >= 11 is 0. The molecule has 0 spiro atoms. The molecule has 2 aliphatic rings. The standard InChI is InChI=1S/C44H39N/c1-28-12-10-16-38-41(28)35-24-22-34(27-40(35)44(38,5)6)45(32-20-18-31(19-21-32)30-14-8-7-9-15-30)33-23-25-37-36(26-33)42-29(2)13-11-17-39(42)43(37,3)4/h7-27H,1-6H3. The largest absolute Gasteiger partial charge is 0.310 e. The zero-order valence-electron chi connectivity index (χ0n) is 27.1. The molecule has 0 fully saturated rings. The van der Waals surface area contributed by atoms with E-state index >= 15 is 0 Å². The third kappa shape index (κ3) is 4.07. The minimum atomic E-state index is -0.0758. The van der Waals surface area contributed by atoms with Crippen molar-refractivity contribution in [2.75, 3.05) is 4.90 Å². The second-order valence-electron chi connectivity index (χ2n) is 14.0. The van der Waals surface area contributed by atoms with Crippen LogP contribution in [0.3, 0.4) is 0 Å². The first-order valence-corrected chi connectivity index (χ1v) is 16.1. The summed E-state index contributed by atoms with van der Waals surface area (Å²) in [5.74, 6) is 0. The summed E-state index contributed by atoms with van der Waals surface area (Å²) in [7, 11) is 0. The predicted molar refractivity (Wildman–Crippen MR) is 191 cm³/mol. The Morgan fingerprint density at radius 3 is 1.60 bits per heavy atom. The molecule has 0 unspecified atom stereocenters. The van der Waals surface area contributed by atoms with Crippen molar-refractivity contribution in [3.63, 3.8) is 0 Å². The summed E-state index contributed by atoms with van der Waals surface area (Å²) < 4.78 is 0. The molecule has 6 aromatic rings. The second kappa shape index (κ2) is 9.81. The highest BCUT2D eigenvalue weighted by Crippen LogP contribution is 2.54. The van der Waals surface area contributed by atoms with E-state index in [-0.39, 0.29) is 10.8 Å². The van der Waals surface area contributed by atoms with Gasteiger partial charge in [0, 0.05) is 27.9 Å². The molecule has 0 radical (unpaired) electrons. The summed E-state index contributed by atoms with van der Waals surface area (Å²) in [6, 6.07) is 47.4. The van der Waals surface area contributed by atoms with Gasteiger partial charge in [-0.3, -0.25) is 0 Å². The zero-order chi connectivity index (χ0) is 31.1. The van der Waals surface area contributed by atoms with Gasteiger partial charge in [0.2, 0.25) is 0 Å². The SMILES string of the molecule is Cc1cccc2c1-c1cc(N(c3ccc(-c4ccccc4)cc3)c3ccc4c(c3)C(C)(C)c3cccc(C)c3-4)ccc1C2(C)C. The number of anilines is 3. The molecular formula is C44H39N. The maximum absolute atomic E-state index is 2.45. The van der Waals surface area contributed by atoms with Gasteiger partial charge in [0.15, 0.2) is 0 Å². The van der Waals surface area contributed by atoms with Crippen LogP contribution in [0.15, 0.2) is 127 Å². The van der Waals surface area contributed by atoms with Gasteiger partial charge in [0.25, 0.3) is 0 Å². The number of rotatable bonds is 4. The molecule has 8 rings (SSSR count). The zero-order valence-corrected chi connectivity index (χ0v) is 27.1. The summed E-state index contributed by atoms with van der Waals surface area (Å²) in [4.78, 5) is 2.45. The van der Waals surface area contributed by atoms with Gasteiger partial charge in [-0.05, 0) is 117 Å². The number of fused-ring (bicyclic) bond motifs is 6. The van der Waals surface area contributed by atoms with E-state index < -0.39 is 0 Å². The van der Waals surface area contributed by atoms with Crippen molar-refractivity contribution in [2.45, 2.75) is 52.4 Å². The average Bonchev–Trinajstić information content (AvgIpc) is 3.42. The Bertz CT molecular complexity index is 2110. The van der Waals surface area contributed by atoms with E-state index in [4.69, 9.17) is 0 Å². The monoisotopic (exact) mass is 581 g/mol. The van der Waals surface area contributed by atoms with Crippen LogP contribution in [0.5, 0.6) is 0 Å². The summed E-state index contributed by atoms with van der Waals surface area (Å²) in [6.45, 7) is 14.0. The van der Waals surface area contributed by atoms with E-state index in [2.05, 4.69) is 174 Å². The average molecular weight is 582 g/mol. The van der Waals surface area contributed by atoms with Crippen LogP contribution in [-0.2, 0) is 10.8 Å². The molecule has 0 aliphatic heterocycles. The lowest BCUT2D eigenvalue weighted by molar-refractivity contribution is 0.659. The van der Waals surface area contributed by atoms with Crippen molar-refractivity contribution < 1.29 is 0 Å². The lowest BCUT2D eigenvalue weighted by Crippen LogP contribution is -2.17. The third-order valence-electron chi connectivity index (χ3n) is 10.5. The molecule has 2 aliphatic carbocycles. The lowest BCUT2D eigenvalue weighted by atomic mass is 9.82. The molecule has 0 N–H and O–H groups in total. The number of aryl methyl sites for hydroxylation is 2. The molecule has 0 bridgehead atoms. The Hall–Kier alpha value is -4.88. The van der Waals surface area contributed by atoms with E-state index in [9.17, 15) is 0 Å². The third-order valence-corrected chi connectivity index (χ3v) is 10.5. The van der Waals surface area contributed by atoms with E-state index in [1.54, 1.807) is 0 Å². The fourth-order valence-corrected chi connectivity index (χ4v) is 8.09. The van der Waals surface area contributed by atoms with Gasteiger partial charge in [-0.2, -0.15) is 0 Å². The molecule has 45 heavy (non-hydrogen) atoms. The van der Waals surface area contributed by atoms with Crippen molar-refractivity contribution in [1.82, 2.24) is 0 Å². The van der Waals surface area contributed by atoms with E-state index in [1.165, 1.54) is 78.1 Å². The molecule has 1 heteroatoms. The maximum Gasteiger partial charge on any atom is 0.0468 e. The number of hydrogen-bond donors (Lipinski definition) is 0. The Kier molecular flexibility index (Phi) is 6.03. The molecule has 0 saturated heterocycles. The van der Waals surface area contributed by atoms with Crippen LogP contribution in [0, 0.1) is 13.8 Å². The van der Waals surface area contributed by atoms with Gasteiger partial charge < -0.3 is 4.90 Å². The molecule has 0 heterocycles. The van der Waals surface area contributed by atoms with E-state index in [0.29, 0.717) is 0 Å². The van der Waals surface area contributed by atoms with Gasteiger partial charge in [-0.1, -0.05) is 119 Å². The van der Waals surface area contributed by atoms with Gasteiger partial charge in [0.1, 0.15) is 0 Å². The quantitative estimate of drug-likeness (QED) is 0.200. The predicted octanol–water partition coefficient (Wildman–Crippen LogP) is 12.1. The summed E-state index contributed by atoms with van der Waals surface area (Å²) in [5, 5.41) is 0. The van der Waals surface area contributed by atoms with Crippen LogP contribution in [0.2, 0.25) is 0 Å². The molecule has 0 saturated carbocycles. The fourth-order valence-electron chi connectivity index (χ4n) is 8.09. The van der Waals surface area contributed by atoms with Gasteiger partial charge in [0.05, 0.1) is 0 Å². The highest BCUT2D eigenvalue weighted by Gasteiger charge is 2.38. The summed E-state index contributed by atoms with van der Waals surface area (Å²) in [6.07, 6.45) is 0. The van der Waals surface area contributed by atoms with Crippen molar-refractivity contribution in [3.05, 3.63) is 161 Å². The first kappa shape index (κ1) is 27.7. The molecule has 0 aromatic heterocycles. The van der Waals surface area contributed by atoms with Gasteiger partial charge >= 0.3 is 0 Å². The molecule has 1 nitrogen and oxygen atoms in total. The van der Waals surface area contributed by atoms with Crippen LogP contribution >= 0.6 is 0 Å². The van der Waals surface area contributed by atoms with Crippen molar-refractivity contribution in [3.8, 4) is 33.4 Å². The minimum Gasteiger partial charge on any atom is -0.310 e. The van der Waals surface area contributed by atoms with Crippen molar-refractivity contribution in [2.24, 2.45) is 0 Å². The van der Waals surface area contributed by atoms with Crippen molar-refractivity contribution >= 4 is 17.1 Å². The van der Waals surface area contributed by atoms with E-state index in [0.717, 1.165) is 5.69 Å². The first-order valence-electron chi connectivity index (χ1n) is 16.1. The van der Waals surface area contributed by atoms with Crippen molar-refractivity contribution in [1.29, 1.82) is 0 Å². The Labute approximate surface area is 267 Å². The smallest absolute Gasteiger partial charge is 0.0468 e. The van der Waals surface area contributed by atoms with E-state index in [1.807, 2.05) is 0 Å². The first-order chi connectivity index (χ1) is 21.7. The Balaban J connectivity index is 1.32. The highest BCUT2D eigenvalue weighted by molar-refractivity contribution is 5.90.